The van der Waals surface area contributed by atoms with Gasteiger partial charge in [-0.3, -0.25) is 9.59 Å². The molecule has 0 saturated carbocycles. The molecule has 2 aromatic rings. The van der Waals surface area contributed by atoms with Gasteiger partial charge in [0.2, 0.25) is 0 Å². The van der Waals surface area contributed by atoms with Crippen molar-refractivity contribution >= 4 is 28.9 Å². The Morgan fingerprint density at radius 3 is 2.36 bits per heavy atom. The molecule has 3 rings (SSSR count). The molecule has 0 radical (unpaired) electrons. The molecule has 0 saturated heterocycles. The summed E-state index contributed by atoms with van der Waals surface area (Å²) in [7, 11) is 0. The van der Waals surface area contributed by atoms with Crippen LogP contribution in [0.5, 0.6) is 11.5 Å². The number of benzene rings is 2. The minimum absolute atomic E-state index is 0.00354. The zero-order valence-electron chi connectivity index (χ0n) is 21.9. The summed E-state index contributed by atoms with van der Waals surface area (Å²) >= 11 is 0. The number of nitrogens with zero attached hydrogens (tertiary/aromatic N) is 1. The van der Waals surface area contributed by atoms with Gasteiger partial charge in [-0.25, -0.2) is 0 Å². The van der Waals surface area contributed by atoms with E-state index in [1.807, 2.05) is 0 Å². The molecule has 1 amide bonds. The van der Waals surface area contributed by atoms with Crippen LogP contribution in [0.3, 0.4) is 0 Å². The monoisotopic (exact) mass is 488 g/mol. The van der Waals surface area contributed by atoms with Gasteiger partial charge in [0.25, 0.3) is 5.91 Å². The number of carbonyl (C=O) groups is 2. The van der Waals surface area contributed by atoms with Gasteiger partial charge in [0.15, 0.2) is 0 Å². The summed E-state index contributed by atoms with van der Waals surface area (Å²) in [4.78, 5) is 26.7. The van der Waals surface area contributed by atoms with Gasteiger partial charge in [-0.1, -0.05) is 41.0 Å². The topological polar surface area (TPSA) is 78.9 Å². The second-order valence-corrected chi connectivity index (χ2v) is 9.47. The van der Waals surface area contributed by atoms with Crippen molar-refractivity contribution in [3.63, 3.8) is 0 Å². The predicted molar refractivity (Wildman–Crippen MR) is 146 cm³/mol. The molecule has 1 aliphatic heterocycles. The van der Waals surface area contributed by atoms with Gasteiger partial charge >= 0.3 is 5.97 Å². The number of ether oxygens (including phenoxy) is 1. The number of anilines is 3. The number of rotatable bonds is 9. The van der Waals surface area contributed by atoms with Crippen molar-refractivity contribution in [1.82, 2.24) is 0 Å². The Morgan fingerprint density at radius 1 is 0.972 bits per heavy atom. The van der Waals surface area contributed by atoms with E-state index < -0.39 is 5.97 Å². The average Bonchev–Trinajstić information content (AvgIpc) is 2.92. The Morgan fingerprint density at radius 2 is 1.67 bits per heavy atom. The van der Waals surface area contributed by atoms with E-state index in [9.17, 15) is 14.7 Å². The summed E-state index contributed by atoms with van der Waals surface area (Å²) in [5, 5.41) is 13.6. The Kier molecular flexibility index (Phi) is 9.12. The van der Waals surface area contributed by atoms with E-state index in [0.29, 0.717) is 34.9 Å². The molecule has 2 N–H and O–H groups in total. The first-order chi connectivity index (χ1) is 17.2. The van der Waals surface area contributed by atoms with Crippen molar-refractivity contribution in [2.75, 3.05) is 16.8 Å². The Balaban J connectivity index is 1.81. The number of para-hydroxylation sites is 1. The molecule has 36 heavy (non-hydrogen) atoms. The Hall–Kier alpha value is -3.80. The highest BCUT2D eigenvalue weighted by Gasteiger charge is 2.28. The third kappa shape index (κ3) is 7.11. The van der Waals surface area contributed by atoms with Crippen LogP contribution in [0.15, 0.2) is 71.3 Å². The summed E-state index contributed by atoms with van der Waals surface area (Å²) in [5.74, 6) is -0.330. The molecule has 0 atom stereocenters. The van der Waals surface area contributed by atoms with Crippen molar-refractivity contribution in [1.29, 1.82) is 0 Å². The standard InChI is InChI=1S/C30H36N2O4/c1-20(2)9-6-10-21(3)11-7-12-22(4)17-18-32-27-19-24(36-23(5)33)15-16-26(27)31-29-25(30(32)35)13-8-14-28(29)34/h8-9,11,13-17,19,31,34H,6-7,10,12,18H2,1-5H3/b21-11+,22-17+. The van der Waals surface area contributed by atoms with Gasteiger partial charge in [0.1, 0.15) is 11.5 Å². The number of fused-ring (bicyclic) bond motifs is 2. The lowest BCUT2D eigenvalue weighted by atomic mass is 10.1. The summed E-state index contributed by atoms with van der Waals surface area (Å²) in [6.45, 7) is 10.2. The minimum Gasteiger partial charge on any atom is -0.506 e. The van der Waals surface area contributed by atoms with Crippen LogP contribution in [-0.2, 0) is 4.79 Å². The molecular formula is C30H36N2O4. The van der Waals surface area contributed by atoms with Crippen molar-refractivity contribution < 1.29 is 19.4 Å². The first-order valence-electron chi connectivity index (χ1n) is 12.3. The first kappa shape index (κ1) is 26.8. The molecule has 190 valence electrons. The third-order valence-corrected chi connectivity index (χ3v) is 6.04. The van der Waals surface area contributed by atoms with Crippen LogP contribution in [0.25, 0.3) is 0 Å². The predicted octanol–water partition coefficient (Wildman–Crippen LogP) is 7.44. The average molecular weight is 489 g/mol. The number of nitrogens with one attached hydrogen (secondary N) is 1. The molecule has 0 spiro atoms. The summed E-state index contributed by atoms with van der Waals surface area (Å²) < 4.78 is 5.27. The third-order valence-electron chi connectivity index (χ3n) is 6.04. The lowest BCUT2D eigenvalue weighted by molar-refractivity contribution is -0.131. The molecule has 0 fully saturated rings. The van der Waals surface area contributed by atoms with E-state index in [1.54, 1.807) is 41.3 Å². The number of phenolic OH excluding ortho intramolecular Hbond substituents is 1. The van der Waals surface area contributed by atoms with E-state index in [-0.39, 0.29) is 11.7 Å². The highest BCUT2D eigenvalue weighted by Crippen LogP contribution is 2.41. The maximum Gasteiger partial charge on any atom is 0.308 e. The number of amides is 1. The van der Waals surface area contributed by atoms with Crippen LogP contribution in [0, 0.1) is 0 Å². The number of phenols is 1. The fraction of sp³-hybridized carbons (Fsp3) is 0.333. The Labute approximate surface area is 214 Å². The summed E-state index contributed by atoms with van der Waals surface area (Å²) in [6.07, 6.45) is 10.6. The van der Waals surface area contributed by atoms with Crippen molar-refractivity contribution in [2.45, 2.75) is 60.3 Å². The van der Waals surface area contributed by atoms with Gasteiger partial charge in [-0.05, 0) is 77.6 Å². The van der Waals surface area contributed by atoms with Crippen LogP contribution in [0.4, 0.5) is 17.1 Å². The Bertz CT molecular complexity index is 1220. The van der Waals surface area contributed by atoms with Crippen LogP contribution >= 0.6 is 0 Å². The van der Waals surface area contributed by atoms with Gasteiger partial charge in [-0.2, -0.15) is 0 Å². The fourth-order valence-corrected chi connectivity index (χ4v) is 4.08. The smallest absolute Gasteiger partial charge is 0.308 e. The van der Waals surface area contributed by atoms with E-state index in [0.717, 1.165) is 25.7 Å². The SMILES string of the molecule is CC(=O)Oc1ccc2c(c1)N(C/C=C(\C)CC/C=C(\C)CCC=C(C)C)C(=O)c1cccc(O)c1N2. The number of esters is 1. The highest BCUT2D eigenvalue weighted by atomic mass is 16.5. The lowest BCUT2D eigenvalue weighted by Crippen LogP contribution is -2.30. The van der Waals surface area contributed by atoms with E-state index >= 15 is 0 Å². The number of hydrogen-bond acceptors (Lipinski definition) is 5. The van der Waals surface area contributed by atoms with Crippen molar-refractivity contribution in [2.24, 2.45) is 0 Å². The zero-order valence-corrected chi connectivity index (χ0v) is 21.9. The number of hydrogen-bond donors (Lipinski definition) is 2. The van der Waals surface area contributed by atoms with Gasteiger partial charge in [0, 0.05) is 19.5 Å². The number of allylic oxidation sites excluding steroid dienone is 5. The molecule has 0 aliphatic carbocycles. The second kappa shape index (κ2) is 12.2. The molecule has 0 aromatic heterocycles. The zero-order chi connectivity index (χ0) is 26.2. The van der Waals surface area contributed by atoms with E-state index in [2.05, 4.69) is 51.2 Å². The molecule has 0 unspecified atom stereocenters. The molecule has 1 aliphatic rings. The maximum atomic E-state index is 13.6. The molecule has 0 bridgehead atoms. The first-order valence-corrected chi connectivity index (χ1v) is 12.3. The normalized spacial score (nSPS) is 13.4. The summed E-state index contributed by atoms with van der Waals surface area (Å²) in [6, 6.07) is 9.96. The van der Waals surface area contributed by atoms with Crippen LogP contribution in [0.1, 0.15) is 70.7 Å². The number of carbonyl (C=O) groups excluding carboxylic acids is 2. The van der Waals surface area contributed by atoms with Crippen LogP contribution < -0.4 is 15.0 Å². The maximum absolute atomic E-state index is 13.6. The van der Waals surface area contributed by atoms with Gasteiger partial charge in [0.05, 0.1) is 22.6 Å². The van der Waals surface area contributed by atoms with E-state index in [4.69, 9.17) is 4.74 Å². The van der Waals surface area contributed by atoms with Crippen molar-refractivity contribution in [3.05, 3.63) is 76.9 Å². The van der Waals surface area contributed by atoms with E-state index in [1.165, 1.54) is 23.6 Å². The van der Waals surface area contributed by atoms with Gasteiger partial charge in [-0.15, -0.1) is 0 Å². The van der Waals surface area contributed by atoms with Crippen LogP contribution in [-0.4, -0.2) is 23.5 Å². The number of aromatic hydroxyl groups is 1. The lowest BCUT2D eigenvalue weighted by Gasteiger charge is -2.22. The van der Waals surface area contributed by atoms with Crippen molar-refractivity contribution in [3.8, 4) is 11.5 Å². The molecule has 6 nitrogen and oxygen atoms in total. The largest absolute Gasteiger partial charge is 0.506 e. The fourth-order valence-electron chi connectivity index (χ4n) is 4.08. The molecular weight excluding hydrogens is 452 g/mol. The molecule has 2 aromatic carbocycles. The minimum atomic E-state index is -0.435. The summed E-state index contributed by atoms with van der Waals surface area (Å²) in [5.41, 5.74) is 5.87. The second-order valence-electron chi connectivity index (χ2n) is 9.47. The highest BCUT2D eigenvalue weighted by molar-refractivity contribution is 6.14. The van der Waals surface area contributed by atoms with Gasteiger partial charge < -0.3 is 20.1 Å². The van der Waals surface area contributed by atoms with Crippen LogP contribution in [0.2, 0.25) is 0 Å². The quantitative estimate of drug-likeness (QED) is 0.166. The molecule has 6 heteroatoms. The molecule has 1 heterocycles.